The third-order valence-electron chi connectivity index (χ3n) is 6.95. The first-order valence-corrected chi connectivity index (χ1v) is 16.2. The highest BCUT2D eigenvalue weighted by atomic mass is 32.2. The number of aromatic hydroxyl groups is 1. The van der Waals surface area contributed by atoms with E-state index >= 15 is 0 Å². The molecule has 256 valence electrons. The lowest BCUT2D eigenvalue weighted by Crippen LogP contribution is -2.08. The number of fused-ring (bicyclic) bond motifs is 1. The van der Waals surface area contributed by atoms with Crippen LogP contribution in [0.5, 0.6) is 11.5 Å². The quantitative estimate of drug-likeness (QED) is 0.0837. The highest BCUT2D eigenvalue weighted by Gasteiger charge is 2.09. The Morgan fingerprint density at radius 1 is 0.913 bits per heavy atom. The standard InChI is InChI=1S/C24H28N2O3S2.C10H14O.4CH4/c1-5-16(3)18-7-10-20(11-8-18)29-15-28-17(4)14-30-24-26-21-13-19(25-23(27)6-2)9-12-22(21)31-24;1-3-8(2)9-4-6-10(11)7-5-9;;;;/h7-13,16H,4-6,14-15H2,1-3H3,(H,25,27);4-8,11H,3H2,1-2H3;4*1H4. The van der Waals surface area contributed by atoms with Crippen molar-refractivity contribution in [2.24, 2.45) is 0 Å². The van der Waals surface area contributed by atoms with E-state index in [2.05, 4.69) is 56.7 Å². The third-order valence-corrected chi connectivity index (χ3v) is 9.19. The molecule has 0 fully saturated rings. The smallest absolute Gasteiger partial charge is 0.230 e. The van der Waals surface area contributed by atoms with Gasteiger partial charge in [-0.05, 0) is 78.3 Å². The van der Waals surface area contributed by atoms with E-state index in [0.717, 1.165) is 38.8 Å². The number of hydrogen-bond acceptors (Lipinski definition) is 7. The highest BCUT2D eigenvalue weighted by Crippen LogP contribution is 2.32. The summed E-state index contributed by atoms with van der Waals surface area (Å²) in [5.74, 6) is 3.49. The van der Waals surface area contributed by atoms with Crippen molar-refractivity contribution >= 4 is 44.9 Å². The lowest BCUT2D eigenvalue weighted by atomic mass is 9.99. The Kier molecular flexibility index (Phi) is 22.2. The van der Waals surface area contributed by atoms with Crippen LogP contribution < -0.4 is 10.1 Å². The molecule has 46 heavy (non-hydrogen) atoms. The van der Waals surface area contributed by atoms with Gasteiger partial charge in [-0.15, -0.1) is 11.3 Å². The molecule has 0 saturated heterocycles. The van der Waals surface area contributed by atoms with Crippen LogP contribution in [-0.4, -0.2) is 28.5 Å². The largest absolute Gasteiger partial charge is 0.508 e. The number of thiazole rings is 1. The van der Waals surface area contributed by atoms with Crippen LogP contribution in [0, 0.1) is 0 Å². The zero-order valence-corrected chi connectivity index (χ0v) is 26.8. The highest BCUT2D eigenvalue weighted by molar-refractivity contribution is 8.01. The van der Waals surface area contributed by atoms with E-state index in [1.54, 1.807) is 35.2 Å². The number of aromatic nitrogens is 1. The van der Waals surface area contributed by atoms with Crippen LogP contribution in [0.4, 0.5) is 5.69 Å². The lowest BCUT2D eigenvalue weighted by Gasteiger charge is -2.12. The summed E-state index contributed by atoms with van der Waals surface area (Å²) in [6, 6.07) is 21.3. The van der Waals surface area contributed by atoms with Crippen molar-refractivity contribution in [2.45, 2.75) is 99.8 Å². The molecule has 8 heteroatoms. The van der Waals surface area contributed by atoms with Crippen molar-refractivity contribution in [3.63, 3.8) is 0 Å². The molecule has 0 saturated carbocycles. The molecule has 0 bridgehead atoms. The summed E-state index contributed by atoms with van der Waals surface area (Å²) in [6.07, 6.45) is 2.71. The number of thioether (sulfide) groups is 1. The molecule has 4 aromatic rings. The van der Waals surface area contributed by atoms with Gasteiger partial charge in [-0.3, -0.25) is 4.79 Å². The summed E-state index contributed by atoms with van der Waals surface area (Å²) in [7, 11) is 0. The number of hydrogen-bond donors (Lipinski definition) is 2. The molecule has 0 aliphatic rings. The van der Waals surface area contributed by atoms with Gasteiger partial charge in [0.15, 0.2) is 4.34 Å². The van der Waals surface area contributed by atoms with E-state index in [4.69, 9.17) is 14.6 Å². The molecule has 2 N–H and O–H groups in total. The van der Waals surface area contributed by atoms with Crippen molar-refractivity contribution in [3.8, 4) is 11.5 Å². The predicted octanol–water partition coefficient (Wildman–Crippen LogP) is 12.3. The molecule has 2 atom stereocenters. The fourth-order valence-electron chi connectivity index (χ4n) is 3.83. The van der Waals surface area contributed by atoms with Crippen LogP contribution in [0.25, 0.3) is 10.2 Å². The molecule has 0 aliphatic heterocycles. The molecular weight excluding hydrogens is 613 g/mol. The summed E-state index contributed by atoms with van der Waals surface area (Å²) in [5, 5.41) is 11.9. The van der Waals surface area contributed by atoms with Crippen LogP contribution in [0.1, 0.15) is 107 Å². The number of anilines is 1. The Labute approximate surface area is 287 Å². The molecule has 3 aromatic carbocycles. The molecule has 1 amide bonds. The number of nitrogens with zero attached hydrogens (tertiary/aromatic N) is 1. The molecule has 6 nitrogen and oxygen atoms in total. The van der Waals surface area contributed by atoms with Gasteiger partial charge >= 0.3 is 0 Å². The number of amides is 1. The van der Waals surface area contributed by atoms with Gasteiger partial charge in [-0.2, -0.15) is 0 Å². The average molecular weight is 671 g/mol. The second-order valence-electron chi connectivity index (χ2n) is 10.1. The lowest BCUT2D eigenvalue weighted by molar-refractivity contribution is -0.115. The SMILES string of the molecule is C.C.C.C.C=C(CSc1nc2cc(NC(=O)CC)ccc2s1)OCOc1ccc(C(C)CC)cc1.CCC(C)c1ccc(O)cc1. The van der Waals surface area contributed by atoms with E-state index in [0.29, 0.717) is 35.5 Å². The van der Waals surface area contributed by atoms with Crippen molar-refractivity contribution in [1.82, 2.24) is 4.98 Å². The number of carbonyl (C=O) groups excluding carboxylic acids is 1. The first kappa shape index (κ1) is 44.6. The molecule has 0 spiro atoms. The third kappa shape index (κ3) is 14.3. The number of nitrogens with one attached hydrogen (secondary N) is 1. The van der Waals surface area contributed by atoms with Crippen molar-refractivity contribution in [1.29, 1.82) is 0 Å². The zero-order chi connectivity index (χ0) is 30.5. The fraction of sp³-hybridized carbons (Fsp3) is 0.421. The number of rotatable bonds is 13. The fourth-order valence-corrected chi connectivity index (χ4v) is 5.72. The van der Waals surface area contributed by atoms with Gasteiger partial charge < -0.3 is 19.9 Å². The minimum absolute atomic E-state index is 0. The van der Waals surface area contributed by atoms with E-state index in [1.807, 2.05) is 49.4 Å². The Bertz CT molecular complexity index is 1420. The summed E-state index contributed by atoms with van der Waals surface area (Å²) >= 11 is 3.18. The molecule has 4 rings (SSSR count). The van der Waals surface area contributed by atoms with E-state index in [1.165, 1.54) is 11.1 Å². The van der Waals surface area contributed by atoms with Gasteiger partial charge in [0.2, 0.25) is 12.7 Å². The van der Waals surface area contributed by atoms with E-state index < -0.39 is 0 Å². The topological polar surface area (TPSA) is 80.7 Å². The van der Waals surface area contributed by atoms with Crippen LogP contribution in [-0.2, 0) is 9.53 Å². The molecule has 0 radical (unpaired) electrons. The number of phenolic OH excluding ortho intramolecular Hbond substituents is 1. The van der Waals surface area contributed by atoms with Crippen LogP contribution in [0.2, 0.25) is 0 Å². The number of phenols is 1. The number of ether oxygens (including phenoxy) is 2. The molecule has 1 aromatic heterocycles. The molecular formula is C38H58N2O4S2. The summed E-state index contributed by atoms with van der Waals surface area (Å²) < 4.78 is 13.3. The van der Waals surface area contributed by atoms with Gasteiger partial charge in [0.05, 0.1) is 16.0 Å². The normalized spacial score (nSPS) is 11.1. The maximum atomic E-state index is 11.6. The minimum atomic E-state index is -0.00805. The van der Waals surface area contributed by atoms with Crippen molar-refractivity contribution in [3.05, 3.63) is 90.2 Å². The van der Waals surface area contributed by atoms with E-state index in [9.17, 15) is 4.79 Å². The summed E-state index contributed by atoms with van der Waals surface area (Å²) in [4.78, 5) is 16.2. The minimum Gasteiger partial charge on any atom is -0.508 e. The Morgan fingerprint density at radius 2 is 1.48 bits per heavy atom. The number of carbonyl (C=O) groups is 1. The van der Waals surface area contributed by atoms with Crippen LogP contribution in [0.3, 0.4) is 0 Å². The second-order valence-corrected chi connectivity index (χ2v) is 12.3. The Balaban J connectivity index is 0. The van der Waals surface area contributed by atoms with Crippen LogP contribution in [0.15, 0.2) is 83.4 Å². The van der Waals surface area contributed by atoms with Gasteiger partial charge in [0, 0.05) is 12.1 Å². The first-order chi connectivity index (χ1) is 20.2. The van der Waals surface area contributed by atoms with Gasteiger partial charge in [0.1, 0.15) is 17.3 Å². The molecule has 1 heterocycles. The molecule has 2 unspecified atom stereocenters. The molecule has 0 aliphatic carbocycles. The summed E-state index contributed by atoms with van der Waals surface area (Å²) in [5.41, 5.74) is 4.25. The number of benzene rings is 3. The zero-order valence-electron chi connectivity index (χ0n) is 25.2. The monoisotopic (exact) mass is 670 g/mol. The Hall–Kier alpha value is -3.49. The van der Waals surface area contributed by atoms with Gasteiger partial charge in [-0.25, -0.2) is 4.98 Å². The average Bonchev–Trinajstić information content (AvgIpc) is 3.42. The van der Waals surface area contributed by atoms with E-state index in [-0.39, 0.29) is 42.4 Å². The van der Waals surface area contributed by atoms with Crippen molar-refractivity contribution in [2.75, 3.05) is 17.9 Å². The maximum Gasteiger partial charge on any atom is 0.230 e. The second kappa shape index (κ2) is 22.9. The Morgan fingerprint density at radius 3 is 2.02 bits per heavy atom. The van der Waals surface area contributed by atoms with Crippen molar-refractivity contribution < 1.29 is 19.4 Å². The first-order valence-electron chi connectivity index (χ1n) is 14.4. The van der Waals surface area contributed by atoms with Gasteiger partial charge in [0.25, 0.3) is 0 Å². The summed E-state index contributed by atoms with van der Waals surface area (Å²) in [6.45, 7) is 14.7. The van der Waals surface area contributed by atoms with Gasteiger partial charge in [-0.1, -0.05) is 107 Å². The predicted molar refractivity (Wildman–Crippen MR) is 204 cm³/mol. The van der Waals surface area contributed by atoms with Crippen LogP contribution >= 0.6 is 23.1 Å². The maximum absolute atomic E-state index is 11.6.